The standard InChI is InChI=1S/C18H15F2N3O3S2/c1-23(2)28(25,26)13-6-3-11(4-7-13)16-10-27-18(21-16)22-17(24)14-8-5-12(19)9-15(14)20/h3-10H,1-2H3,(H,21,22,24). The van der Waals surface area contributed by atoms with Crippen LogP contribution >= 0.6 is 11.3 Å². The van der Waals surface area contributed by atoms with Crippen LogP contribution in [-0.4, -0.2) is 37.7 Å². The molecule has 0 radical (unpaired) electrons. The molecule has 1 N–H and O–H groups in total. The Labute approximate surface area is 164 Å². The van der Waals surface area contributed by atoms with Crippen molar-refractivity contribution in [3.63, 3.8) is 0 Å². The molecule has 3 rings (SSSR count). The van der Waals surface area contributed by atoms with Gasteiger partial charge in [0, 0.05) is 31.1 Å². The summed E-state index contributed by atoms with van der Waals surface area (Å²) >= 11 is 1.12. The molecule has 0 aliphatic rings. The van der Waals surface area contributed by atoms with Gasteiger partial charge >= 0.3 is 0 Å². The molecule has 0 aliphatic heterocycles. The Kier molecular flexibility index (Phi) is 5.54. The molecule has 0 spiro atoms. The van der Waals surface area contributed by atoms with Crippen LogP contribution < -0.4 is 5.32 Å². The van der Waals surface area contributed by atoms with E-state index in [0.717, 1.165) is 27.8 Å². The molecule has 146 valence electrons. The maximum absolute atomic E-state index is 13.7. The van der Waals surface area contributed by atoms with E-state index in [4.69, 9.17) is 0 Å². The predicted molar refractivity (Wildman–Crippen MR) is 103 cm³/mol. The van der Waals surface area contributed by atoms with E-state index in [1.54, 1.807) is 17.5 Å². The van der Waals surface area contributed by atoms with Gasteiger partial charge in [0.25, 0.3) is 5.91 Å². The van der Waals surface area contributed by atoms with Crippen LogP contribution in [0.2, 0.25) is 0 Å². The smallest absolute Gasteiger partial charge is 0.260 e. The van der Waals surface area contributed by atoms with Crippen LogP contribution in [0.25, 0.3) is 11.3 Å². The lowest BCUT2D eigenvalue weighted by Gasteiger charge is -2.11. The summed E-state index contributed by atoms with van der Waals surface area (Å²) in [5.41, 5.74) is 0.882. The Hall–Kier alpha value is -2.69. The van der Waals surface area contributed by atoms with E-state index < -0.39 is 27.6 Å². The molecular weight excluding hydrogens is 408 g/mol. The van der Waals surface area contributed by atoms with Gasteiger partial charge in [-0.1, -0.05) is 12.1 Å². The zero-order valence-electron chi connectivity index (χ0n) is 14.8. The van der Waals surface area contributed by atoms with Gasteiger partial charge in [-0.05, 0) is 24.3 Å². The van der Waals surface area contributed by atoms with E-state index in [9.17, 15) is 22.0 Å². The average molecular weight is 423 g/mol. The van der Waals surface area contributed by atoms with Crippen molar-refractivity contribution in [3.05, 3.63) is 65.0 Å². The number of rotatable bonds is 5. The third-order valence-corrected chi connectivity index (χ3v) is 6.42. The van der Waals surface area contributed by atoms with E-state index in [-0.39, 0.29) is 15.6 Å². The zero-order valence-corrected chi connectivity index (χ0v) is 16.4. The van der Waals surface area contributed by atoms with E-state index >= 15 is 0 Å². The molecule has 0 unspecified atom stereocenters. The number of halogens is 2. The van der Waals surface area contributed by atoms with Crippen molar-refractivity contribution in [3.8, 4) is 11.3 Å². The monoisotopic (exact) mass is 423 g/mol. The van der Waals surface area contributed by atoms with Crippen molar-refractivity contribution >= 4 is 32.4 Å². The first-order valence-corrected chi connectivity index (χ1v) is 10.3. The summed E-state index contributed by atoms with van der Waals surface area (Å²) in [5.74, 6) is -2.48. The molecule has 10 heteroatoms. The lowest BCUT2D eigenvalue weighted by atomic mass is 10.2. The molecule has 0 saturated heterocycles. The molecule has 2 aromatic carbocycles. The number of nitrogens with one attached hydrogen (secondary N) is 1. The summed E-state index contributed by atoms with van der Waals surface area (Å²) in [6.07, 6.45) is 0. The maximum atomic E-state index is 13.7. The topological polar surface area (TPSA) is 79.4 Å². The lowest BCUT2D eigenvalue weighted by molar-refractivity contribution is 0.102. The van der Waals surface area contributed by atoms with Gasteiger partial charge in [-0.2, -0.15) is 0 Å². The molecule has 0 fully saturated rings. The number of anilines is 1. The molecule has 6 nitrogen and oxygen atoms in total. The number of thiazole rings is 1. The van der Waals surface area contributed by atoms with Gasteiger partial charge in [-0.3, -0.25) is 10.1 Å². The van der Waals surface area contributed by atoms with Gasteiger partial charge in [0.2, 0.25) is 10.0 Å². The summed E-state index contributed by atoms with van der Waals surface area (Å²) in [6, 6.07) is 8.83. The number of sulfonamides is 1. The number of amides is 1. The number of hydrogen-bond donors (Lipinski definition) is 1. The number of carbonyl (C=O) groups is 1. The molecule has 1 amide bonds. The van der Waals surface area contributed by atoms with Crippen LogP contribution in [0, 0.1) is 11.6 Å². The first-order valence-electron chi connectivity index (χ1n) is 7.93. The molecular formula is C18H15F2N3O3S2. The molecule has 1 heterocycles. The molecule has 0 aliphatic carbocycles. The second-order valence-electron chi connectivity index (χ2n) is 5.93. The first-order chi connectivity index (χ1) is 13.2. The second kappa shape index (κ2) is 7.74. The van der Waals surface area contributed by atoms with Gasteiger partial charge in [-0.15, -0.1) is 11.3 Å². The van der Waals surface area contributed by atoms with Crippen molar-refractivity contribution in [2.75, 3.05) is 19.4 Å². The van der Waals surface area contributed by atoms with E-state index in [1.165, 1.54) is 26.2 Å². The summed E-state index contributed by atoms with van der Waals surface area (Å²) in [4.78, 5) is 16.5. The Morgan fingerprint density at radius 3 is 2.39 bits per heavy atom. The molecule has 0 atom stereocenters. The summed E-state index contributed by atoms with van der Waals surface area (Å²) in [6.45, 7) is 0. The Balaban J connectivity index is 1.78. The number of nitrogens with zero attached hydrogens (tertiary/aromatic N) is 2. The highest BCUT2D eigenvalue weighted by atomic mass is 32.2. The Morgan fingerprint density at radius 1 is 1.11 bits per heavy atom. The van der Waals surface area contributed by atoms with Crippen molar-refractivity contribution in [2.45, 2.75) is 4.90 Å². The SMILES string of the molecule is CN(C)S(=O)(=O)c1ccc(-c2csc(NC(=O)c3ccc(F)cc3F)n2)cc1. The second-order valence-corrected chi connectivity index (χ2v) is 8.94. The minimum atomic E-state index is -3.53. The van der Waals surface area contributed by atoms with E-state index in [2.05, 4.69) is 10.3 Å². The average Bonchev–Trinajstić information content (AvgIpc) is 3.10. The molecule has 0 bridgehead atoms. The summed E-state index contributed by atoms with van der Waals surface area (Å²) < 4.78 is 52.0. The molecule has 28 heavy (non-hydrogen) atoms. The quantitative estimate of drug-likeness (QED) is 0.680. The van der Waals surface area contributed by atoms with E-state index in [1.807, 2.05) is 0 Å². The summed E-state index contributed by atoms with van der Waals surface area (Å²) in [7, 11) is -0.634. The summed E-state index contributed by atoms with van der Waals surface area (Å²) in [5, 5.41) is 4.37. The first kappa shape index (κ1) is 20.1. The van der Waals surface area contributed by atoms with Crippen LogP contribution in [-0.2, 0) is 10.0 Å². The lowest BCUT2D eigenvalue weighted by Crippen LogP contribution is -2.22. The highest BCUT2D eigenvalue weighted by molar-refractivity contribution is 7.89. The highest BCUT2D eigenvalue weighted by Gasteiger charge is 2.18. The van der Waals surface area contributed by atoms with Crippen LogP contribution in [0.4, 0.5) is 13.9 Å². The molecule has 1 aromatic heterocycles. The fourth-order valence-electron chi connectivity index (χ4n) is 2.31. The van der Waals surface area contributed by atoms with Crippen LogP contribution in [0.5, 0.6) is 0 Å². The predicted octanol–water partition coefficient (Wildman–Crippen LogP) is 3.59. The minimum Gasteiger partial charge on any atom is -0.298 e. The number of carbonyl (C=O) groups excluding carboxylic acids is 1. The fraction of sp³-hybridized carbons (Fsp3) is 0.111. The Bertz CT molecular complexity index is 1130. The molecule has 0 saturated carbocycles. The third kappa shape index (κ3) is 4.08. The normalized spacial score (nSPS) is 11.6. The number of hydrogen-bond acceptors (Lipinski definition) is 5. The van der Waals surface area contributed by atoms with Gasteiger partial charge in [-0.25, -0.2) is 26.5 Å². The number of benzene rings is 2. The Morgan fingerprint density at radius 2 is 1.79 bits per heavy atom. The van der Waals surface area contributed by atoms with Crippen LogP contribution in [0.1, 0.15) is 10.4 Å². The van der Waals surface area contributed by atoms with Gasteiger partial charge in [0.1, 0.15) is 11.6 Å². The van der Waals surface area contributed by atoms with Crippen molar-refractivity contribution < 1.29 is 22.0 Å². The molecule has 3 aromatic rings. The van der Waals surface area contributed by atoms with Gasteiger partial charge < -0.3 is 0 Å². The van der Waals surface area contributed by atoms with Crippen molar-refractivity contribution in [2.24, 2.45) is 0 Å². The van der Waals surface area contributed by atoms with Crippen LogP contribution in [0.15, 0.2) is 52.7 Å². The largest absolute Gasteiger partial charge is 0.298 e. The van der Waals surface area contributed by atoms with Crippen molar-refractivity contribution in [1.82, 2.24) is 9.29 Å². The third-order valence-electron chi connectivity index (χ3n) is 3.83. The van der Waals surface area contributed by atoms with E-state index in [0.29, 0.717) is 17.3 Å². The highest BCUT2D eigenvalue weighted by Crippen LogP contribution is 2.27. The maximum Gasteiger partial charge on any atom is 0.260 e. The van der Waals surface area contributed by atoms with Crippen molar-refractivity contribution in [1.29, 1.82) is 0 Å². The van der Waals surface area contributed by atoms with Crippen LogP contribution in [0.3, 0.4) is 0 Å². The zero-order chi connectivity index (χ0) is 20.5. The minimum absolute atomic E-state index is 0.150. The van der Waals surface area contributed by atoms with Gasteiger partial charge in [0.05, 0.1) is 16.2 Å². The van der Waals surface area contributed by atoms with Gasteiger partial charge in [0.15, 0.2) is 5.13 Å². The fourth-order valence-corrected chi connectivity index (χ4v) is 3.93. The number of aromatic nitrogens is 1.